The molecule has 10 aromatic rings. The summed E-state index contributed by atoms with van der Waals surface area (Å²) in [6.45, 7) is 0. The Morgan fingerprint density at radius 1 is 0.328 bits per heavy atom. The lowest BCUT2D eigenvalue weighted by molar-refractivity contribution is 0.353. The van der Waals surface area contributed by atoms with Crippen molar-refractivity contribution in [1.82, 2.24) is 15.0 Å². The van der Waals surface area contributed by atoms with Crippen molar-refractivity contribution in [2.24, 2.45) is 0 Å². The summed E-state index contributed by atoms with van der Waals surface area (Å²) in [5, 5.41) is 2.10. The molecule has 4 heteroatoms. The molecule has 8 aromatic carbocycles. The van der Waals surface area contributed by atoms with E-state index in [-0.39, 0.29) is 5.41 Å². The fraction of sp³-hybridized carbons (Fsp3) is 0.105. The van der Waals surface area contributed by atoms with Crippen LogP contribution in [0.15, 0.2) is 192 Å². The summed E-state index contributed by atoms with van der Waals surface area (Å²) in [4.78, 5) is 15.4. The largest absolute Gasteiger partial charge is 0.456 e. The lowest BCUT2D eigenvalue weighted by atomic mass is 9.67. The van der Waals surface area contributed by atoms with Crippen molar-refractivity contribution in [1.29, 1.82) is 0 Å². The molecule has 2 aliphatic carbocycles. The number of furan rings is 1. The smallest absolute Gasteiger partial charge is 0.164 e. The van der Waals surface area contributed by atoms with Gasteiger partial charge in [-0.2, -0.15) is 0 Å². The number of rotatable bonds is 6. The Morgan fingerprint density at radius 3 is 1.61 bits per heavy atom. The summed E-state index contributed by atoms with van der Waals surface area (Å²) >= 11 is 0. The number of benzene rings is 8. The summed E-state index contributed by atoms with van der Waals surface area (Å²) in [7, 11) is 0. The Balaban J connectivity index is 0.938. The summed E-state index contributed by atoms with van der Waals surface area (Å²) in [6.07, 6.45) is 6.34. The molecule has 1 saturated carbocycles. The zero-order chi connectivity index (χ0) is 40.3. The Labute approximate surface area is 355 Å². The molecule has 0 unspecified atom stereocenters. The number of hydrogen-bond donors (Lipinski definition) is 0. The molecule has 0 radical (unpaired) electrons. The van der Waals surface area contributed by atoms with E-state index in [1.807, 2.05) is 36.4 Å². The second-order valence-electron chi connectivity index (χ2n) is 16.7. The Bertz CT molecular complexity index is 3280. The monoisotopic (exact) mass is 783 g/mol. The van der Waals surface area contributed by atoms with Crippen molar-refractivity contribution >= 4 is 21.9 Å². The standard InChI is InChI=1S/C57H41N3O/c1-3-13-37(14-4-1)38-23-25-39(26-24-38)54-58-55(60-56(59-54)45-28-30-53-49(35-45)48-20-6-8-22-52(48)61-53)44-18-12-17-42(34-44)40-15-11-16-41(33-40)43-27-29-47-46-19-5-7-21-50(46)57(51(47)36-43)31-9-2-10-32-57/h1,3-8,11-30,33-36H,2,9-10,31-32H2. The van der Waals surface area contributed by atoms with Crippen LogP contribution < -0.4 is 0 Å². The van der Waals surface area contributed by atoms with Gasteiger partial charge in [0.1, 0.15) is 11.2 Å². The van der Waals surface area contributed by atoms with E-state index in [1.54, 1.807) is 0 Å². The number of nitrogens with zero attached hydrogens (tertiary/aromatic N) is 3. The summed E-state index contributed by atoms with van der Waals surface area (Å²) < 4.78 is 6.17. The minimum Gasteiger partial charge on any atom is -0.456 e. The van der Waals surface area contributed by atoms with Gasteiger partial charge in [-0.1, -0.05) is 165 Å². The van der Waals surface area contributed by atoms with Gasteiger partial charge in [-0.25, -0.2) is 15.0 Å². The van der Waals surface area contributed by atoms with Gasteiger partial charge in [0.2, 0.25) is 0 Å². The number of para-hydroxylation sites is 1. The van der Waals surface area contributed by atoms with E-state index in [9.17, 15) is 0 Å². The van der Waals surface area contributed by atoms with Gasteiger partial charge in [0, 0.05) is 32.9 Å². The van der Waals surface area contributed by atoms with Gasteiger partial charge in [-0.3, -0.25) is 0 Å². The molecule has 0 saturated heterocycles. The van der Waals surface area contributed by atoms with Gasteiger partial charge in [-0.05, 0) is 111 Å². The Hall–Kier alpha value is -7.43. The van der Waals surface area contributed by atoms with Crippen LogP contribution in [-0.2, 0) is 5.41 Å². The fourth-order valence-electron chi connectivity index (χ4n) is 10.1. The highest BCUT2D eigenvalue weighted by Gasteiger charge is 2.43. The van der Waals surface area contributed by atoms with Crippen molar-refractivity contribution in [3.05, 3.63) is 199 Å². The molecule has 290 valence electrons. The zero-order valence-electron chi connectivity index (χ0n) is 33.7. The van der Waals surface area contributed by atoms with E-state index < -0.39 is 0 Å². The first-order valence-electron chi connectivity index (χ1n) is 21.5. The lowest BCUT2D eigenvalue weighted by Gasteiger charge is -2.36. The molecule has 12 rings (SSSR count). The van der Waals surface area contributed by atoms with Gasteiger partial charge < -0.3 is 4.42 Å². The normalized spacial score (nSPS) is 14.0. The topological polar surface area (TPSA) is 51.8 Å². The van der Waals surface area contributed by atoms with E-state index in [1.165, 1.54) is 71.0 Å². The van der Waals surface area contributed by atoms with E-state index >= 15 is 0 Å². The van der Waals surface area contributed by atoms with Crippen molar-refractivity contribution in [3.8, 4) is 78.7 Å². The van der Waals surface area contributed by atoms with Crippen LogP contribution in [0.2, 0.25) is 0 Å². The molecule has 2 aliphatic rings. The first-order valence-corrected chi connectivity index (χ1v) is 21.5. The van der Waals surface area contributed by atoms with E-state index in [2.05, 4.69) is 152 Å². The average Bonchev–Trinajstić information content (AvgIpc) is 3.84. The van der Waals surface area contributed by atoms with Crippen LogP contribution in [-0.4, -0.2) is 15.0 Å². The first kappa shape index (κ1) is 35.5. The molecule has 0 N–H and O–H groups in total. The van der Waals surface area contributed by atoms with Crippen LogP contribution in [0.1, 0.15) is 43.2 Å². The Kier molecular flexibility index (Phi) is 8.38. The lowest BCUT2D eigenvalue weighted by Crippen LogP contribution is -2.28. The quantitative estimate of drug-likeness (QED) is 0.169. The fourth-order valence-corrected chi connectivity index (χ4v) is 10.1. The molecule has 2 heterocycles. The van der Waals surface area contributed by atoms with Crippen LogP contribution in [0.4, 0.5) is 0 Å². The van der Waals surface area contributed by atoms with Gasteiger partial charge in [0.15, 0.2) is 17.5 Å². The maximum atomic E-state index is 6.17. The molecular weight excluding hydrogens is 743 g/mol. The van der Waals surface area contributed by atoms with Crippen molar-refractivity contribution in [2.45, 2.75) is 37.5 Å². The van der Waals surface area contributed by atoms with E-state index in [0.717, 1.165) is 55.3 Å². The highest BCUT2D eigenvalue weighted by atomic mass is 16.3. The highest BCUT2D eigenvalue weighted by Crippen LogP contribution is 2.56. The first-order chi connectivity index (χ1) is 30.2. The third-order valence-electron chi connectivity index (χ3n) is 13.1. The van der Waals surface area contributed by atoms with Crippen LogP contribution in [0, 0.1) is 0 Å². The van der Waals surface area contributed by atoms with Crippen LogP contribution in [0.3, 0.4) is 0 Å². The van der Waals surface area contributed by atoms with Crippen LogP contribution in [0.5, 0.6) is 0 Å². The van der Waals surface area contributed by atoms with Gasteiger partial charge in [-0.15, -0.1) is 0 Å². The molecule has 61 heavy (non-hydrogen) atoms. The van der Waals surface area contributed by atoms with Crippen LogP contribution in [0.25, 0.3) is 101 Å². The summed E-state index contributed by atoms with van der Waals surface area (Å²) in [6, 6.07) is 67.2. The maximum absolute atomic E-state index is 6.17. The SMILES string of the molecule is c1ccc(-c2ccc(-c3nc(-c4cccc(-c5cccc(-c6ccc7c(c6)C6(CCCCC6)c6ccccc6-7)c5)c4)nc(-c4ccc5oc6ccccc6c5c4)n3)cc2)cc1. The minimum absolute atomic E-state index is 0.121. The predicted octanol–water partition coefficient (Wildman–Crippen LogP) is 15.0. The van der Waals surface area contributed by atoms with E-state index in [0.29, 0.717) is 17.5 Å². The number of hydrogen-bond acceptors (Lipinski definition) is 4. The van der Waals surface area contributed by atoms with Crippen molar-refractivity contribution in [3.63, 3.8) is 0 Å². The highest BCUT2D eigenvalue weighted by molar-refractivity contribution is 6.06. The molecule has 1 fully saturated rings. The van der Waals surface area contributed by atoms with Gasteiger partial charge in [0.05, 0.1) is 0 Å². The van der Waals surface area contributed by atoms with E-state index in [4.69, 9.17) is 19.4 Å². The van der Waals surface area contributed by atoms with Gasteiger partial charge in [0.25, 0.3) is 0 Å². The Morgan fingerprint density at radius 2 is 0.836 bits per heavy atom. The third kappa shape index (κ3) is 6.09. The minimum atomic E-state index is 0.121. The number of aromatic nitrogens is 3. The molecule has 0 amide bonds. The summed E-state index contributed by atoms with van der Waals surface area (Å²) in [5.74, 6) is 1.86. The van der Waals surface area contributed by atoms with Crippen LogP contribution >= 0.6 is 0 Å². The molecule has 0 bridgehead atoms. The zero-order valence-corrected chi connectivity index (χ0v) is 33.7. The molecule has 1 spiro atoms. The second kappa shape index (κ2) is 14.4. The predicted molar refractivity (Wildman–Crippen MR) is 249 cm³/mol. The third-order valence-corrected chi connectivity index (χ3v) is 13.1. The van der Waals surface area contributed by atoms with Crippen molar-refractivity contribution < 1.29 is 4.42 Å². The molecule has 0 atom stereocenters. The maximum Gasteiger partial charge on any atom is 0.164 e. The molecule has 2 aromatic heterocycles. The van der Waals surface area contributed by atoms with Crippen molar-refractivity contribution in [2.75, 3.05) is 0 Å². The second-order valence-corrected chi connectivity index (χ2v) is 16.7. The molecule has 4 nitrogen and oxygen atoms in total. The molecular formula is C57H41N3O. The average molecular weight is 784 g/mol. The van der Waals surface area contributed by atoms with Gasteiger partial charge >= 0.3 is 0 Å². The molecule has 0 aliphatic heterocycles. The number of fused-ring (bicyclic) bond motifs is 8. The summed E-state index contributed by atoms with van der Waals surface area (Å²) in [5.41, 5.74) is 17.5.